The van der Waals surface area contributed by atoms with Crippen molar-refractivity contribution >= 4 is 11.9 Å². The lowest BCUT2D eigenvalue weighted by atomic mass is 10.0. The molecule has 2 fully saturated rings. The first-order valence-corrected chi connectivity index (χ1v) is 9.16. The van der Waals surface area contributed by atoms with Crippen LogP contribution in [0.1, 0.15) is 78.1 Å². The van der Waals surface area contributed by atoms with Gasteiger partial charge in [0, 0.05) is 0 Å². The smallest absolute Gasteiger partial charge is 0.321 e. The Morgan fingerprint density at radius 1 is 1.04 bits per heavy atom. The summed E-state index contributed by atoms with van der Waals surface area (Å²) in [6.45, 7) is 5.28. The molecule has 0 aliphatic carbocycles. The van der Waals surface area contributed by atoms with Crippen molar-refractivity contribution in [3.05, 3.63) is 12.2 Å². The number of epoxide rings is 1. The second kappa shape index (κ2) is 12.3. The molecule has 0 bridgehead atoms. The molecule has 0 radical (unpaired) electrons. The summed E-state index contributed by atoms with van der Waals surface area (Å²) in [6.07, 6.45) is 16.1. The van der Waals surface area contributed by atoms with Crippen LogP contribution in [0.5, 0.6) is 0 Å². The predicted octanol–water partition coefficient (Wildman–Crippen LogP) is 4.57. The van der Waals surface area contributed by atoms with Crippen LogP contribution in [0.15, 0.2) is 12.2 Å². The zero-order valence-corrected chi connectivity index (χ0v) is 14.7. The number of hydrogen-bond acceptors (Lipinski definition) is 4. The molecule has 4 nitrogen and oxygen atoms in total. The number of hydrogen-bond donors (Lipinski definition) is 0. The molecule has 4 heteroatoms. The summed E-state index contributed by atoms with van der Waals surface area (Å²) in [5, 5.41) is 0. The summed E-state index contributed by atoms with van der Waals surface area (Å²) in [5.41, 5.74) is 0. The lowest BCUT2D eigenvalue weighted by Crippen LogP contribution is -2.03. The lowest BCUT2D eigenvalue weighted by molar-refractivity contribution is -0.152. The van der Waals surface area contributed by atoms with Crippen molar-refractivity contribution in [1.82, 2.24) is 0 Å². The molecule has 0 aromatic carbocycles. The Hall–Kier alpha value is -1.16. The molecule has 2 unspecified atom stereocenters. The van der Waals surface area contributed by atoms with Gasteiger partial charge in [-0.25, -0.2) is 0 Å². The minimum Gasteiger partial charge on any atom is -0.393 e. The molecule has 0 saturated carbocycles. The third kappa shape index (κ3) is 11.1. The van der Waals surface area contributed by atoms with Crippen molar-refractivity contribution in [1.29, 1.82) is 0 Å². The molecule has 0 amide bonds. The largest absolute Gasteiger partial charge is 0.393 e. The van der Waals surface area contributed by atoms with E-state index in [1.807, 2.05) is 12.2 Å². The van der Waals surface area contributed by atoms with Crippen LogP contribution in [-0.4, -0.2) is 24.6 Å². The van der Waals surface area contributed by atoms with E-state index in [1.165, 1.54) is 51.4 Å². The average Bonchev–Trinajstić information content (AvgIpc) is 3.23. The molecule has 0 aromatic rings. The van der Waals surface area contributed by atoms with Crippen LogP contribution in [-0.2, 0) is 19.1 Å². The molecule has 2 heterocycles. The summed E-state index contributed by atoms with van der Waals surface area (Å²) < 4.78 is 9.20. The molecule has 2 atom stereocenters. The van der Waals surface area contributed by atoms with Crippen molar-refractivity contribution in [2.45, 2.75) is 84.2 Å². The average molecular weight is 324 g/mol. The van der Waals surface area contributed by atoms with Crippen LogP contribution in [0.2, 0.25) is 0 Å². The summed E-state index contributed by atoms with van der Waals surface area (Å²) in [7, 11) is 0. The van der Waals surface area contributed by atoms with Gasteiger partial charge in [0.15, 0.2) is 0 Å². The van der Waals surface area contributed by atoms with E-state index >= 15 is 0 Å². The van der Waals surface area contributed by atoms with E-state index in [0.717, 1.165) is 13.0 Å². The zero-order valence-electron chi connectivity index (χ0n) is 14.7. The second-order valence-corrected chi connectivity index (χ2v) is 6.44. The van der Waals surface area contributed by atoms with Gasteiger partial charge in [-0.1, -0.05) is 64.0 Å². The number of rotatable bonds is 10. The number of carbonyl (C=O) groups excluding carboxylic acids is 2. The van der Waals surface area contributed by atoms with Crippen LogP contribution in [0.3, 0.4) is 0 Å². The summed E-state index contributed by atoms with van der Waals surface area (Å²) >= 11 is 0. The quantitative estimate of drug-likeness (QED) is 0.194. The van der Waals surface area contributed by atoms with E-state index in [9.17, 15) is 9.59 Å². The third-order valence-corrected chi connectivity index (χ3v) is 4.00. The highest BCUT2D eigenvalue weighted by atomic mass is 16.6. The van der Waals surface area contributed by atoms with Gasteiger partial charge in [-0.05, 0) is 19.8 Å². The molecule has 2 aliphatic rings. The molecular weight excluding hydrogens is 292 g/mol. The van der Waals surface area contributed by atoms with E-state index < -0.39 is 11.9 Å². The Labute approximate surface area is 140 Å². The van der Waals surface area contributed by atoms with Gasteiger partial charge in [0.05, 0.1) is 25.0 Å². The maximum Gasteiger partial charge on any atom is 0.321 e. The maximum atomic E-state index is 11.2. The minimum atomic E-state index is -0.397. The Bertz CT molecular complexity index is 372. The predicted molar refractivity (Wildman–Crippen MR) is 91.0 cm³/mol. The van der Waals surface area contributed by atoms with E-state index in [0.29, 0.717) is 6.10 Å². The molecule has 132 valence electrons. The van der Waals surface area contributed by atoms with Gasteiger partial charge in [0.2, 0.25) is 0 Å². The molecule has 2 rings (SSSR count). The van der Waals surface area contributed by atoms with Gasteiger partial charge in [0.1, 0.15) is 0 Å². The first kappa shape index (κ1) is 19.9. The fourth-order valence-corrected chi connectivity index (χ4v) is 2.39. The second-order valence-electron chi connectivity index (χ2n) is 6.44. The standard InChI is InChI=1S/C16H26O3.C3H6O/c1-2-3-4-5-6-7-8-9-10-11-12-14-13-15(17)19-16(14)18;1-3-2-4-3/h11-12,14H,2-10,13H2,1H3;3H,2H2,1H3/b12-11+;. The number of unbranched alkanes of at least 4 members (excludes halogenated alkanes) is 8. The number of allylic oxidation sites excluding steroid dienone is 1. The summed E-state index contributed by atoms with van der Waals surface area (Å²) in [4.78, 5) is 22.1. The van der Waals surface area contributed by atoms with E-state index in [2.05, 4.69) is 18.6 Å². The number of ether oxygens (including phenoxy) is 2. The van der Waals surface area contributed by atoms with Gasteiger partial charge < -0.3 is 9.47 Å². The molecule has 0 N–H and O–H groups in total. The van der Waals surface area contributed by atoms with Crippen molar-refractivity contribution in [2.24, 2.45) is 5.92 Å². The first-order valence-electron chi connectivity index (χ1n) is 9.16. The number of cyclic esters (lactones) is 2. The van der Waals surface area contributed by atoms with Crippen LogP contribution in [0.25, 0.3) is 0 Å². The van der Waals surface area contributed by atoms with E-state index in [-0.39, 0.29) is 12.3 Å². The van der Waals surface area contributed by atoms with Gasteiger partial charge >= 0.3 is 11.9 Å². The Morgan fingerprint density at radius 2 is 1.61 bits per heavy atom. The fraction of sp³-hybridized carbons (Fsp3) is 0.789. The van der Waals surface area contributed by atoms with Crippen LogP contribution < -0.4 is 0 Å². The minimum absolute atomic E-state index is 0.215. The molecule has 0 aromatic heterocycles. The Balaban J connectivity index is 0.000000570. The topological polar surface area (TPSA) is 55.9 Å². The van der Waals surface area contributed by atoms with Crippen molar-refractivity contribution in [3.8, 4) is 0 Å². The third-order valence-electron chi connectivity index (χ3n) is 4.00. The van der Waals surface area contributed by atoms with E-state index in [4.69, 9.17) is 4.74 Å². The van der Waals surface area contributed by atoms with Crippen LogP contribution >= 0.6 is 0 Å². The monoisotopic (exact) mass is 324 g/mol. The highest BCUT2D eigenvalue weighted by Gasteiger charge is 2.30. The molecule has 23 heavy (non-hydrogen) atoms. The number of carbonyl (C=O) groups is 2. The molecule has 0 spiro atoms. The van der Waals surface area contributed by atoms with Gasteiger partial charge in [0.25, 0.3) is 0 Å². The van der Waals surface area contributed by atoms with Crippen LogP contribution in [0.4, 0.5) is 0 Å². The number of esters is 2. The normalized spacial score (nSPS) is 22.9. The Morgan fingerprint density at radius 3 is 2.09 bits per heavy atom. The maximum absolute atomic E-state index is 11.2. The highest BCUT2D eigenvalue weighted by molar-refractivity contribution is 5.95. The van der Waals surface area contributed by atoms with Crippen molar-refractivity contribution in [2.75, 3.05) is 6.61 Å². The van der Waals surface area contributed by atoms with Gasteiger partial charge in [-0.2, -0.15) is 0 Å². The van der Waals surface area contributed by atoms with Crippen LogP contribution in [0, 0.1) is 5.92 Å². The molecule has 2 saturated heterocycles. The Kier molecular flexibility index (Phi) is 10.6. The first-order chi connectivity index (χ1) is 11.1. The van der Waals surface area contributed by atoms with Crippen molar-refractivity contribution in [3.63, 3.8) is 0 Å². The van der Waals surface area contributed by atoms with Gasteiger partial charge in [-0.3, -0.25) is 9.59 Å². The van der Waals surface area contributed by atoms with E-state index in [1.54, 1.807) is 0 Å². The molecule has 2 aliphatic heterocycles. The fourth-order valence-electron chi connectivity index (χ4n) is 2.39. The SMILES string of the molecule is CC1CO1.CCCCCCCCCC/C=C/C1CC(=O)OC1=O. The van der Waals surface area contributed by atoms with Crippen molar-refractivity contribution < 1.29 is 19.1 Å². The summed E-state index contributed by atoms with van der Waals surface area (Å²) in [6, 6.07) is 0. The summed E-state index contributed by atoms with van der Waals surface area (Å²) in [5.74, 6) is -1.12. The highest BCUT2D eigenvalue weighted by Crippen LogP contribution is 2.17. The lowest BCUT2D eigenvalue weighted by Gasteiger charge is -2.00. The zero-order chi connectivity index (χ0) is 16.9. The molecular formula is C19H32O4. The van der Waals surface area contributed by atoms with Gasteiger partial charge in [-0.15, -0.1) is 0 Å².